The predicted octanol–water partition coefficient (Wildman–Crippen LogP) is 2.56. The fourth-order valence-corrected chi connectivity index (χ4v) is 5.42. The number of amides is 1. The number of likely N-dealkylation sites (tertiary alicyclic amines) is 1. The van der Waals surface area contributed by atoms with E-state index in [0.717, 1.165) is 36.1 Å². The van der Waals surface area contributed by atoms with E-state index < -0.39 is 5.91 Å². The Bertz CT molecular complexity index is 709. The van der Waals surface area contributed by atoms with E-state index in [1.54, 1.807) is 11.5 Å². The van der Waals surface area contributed by atoms with Crippen LogP contribution in [0.15, 0.2) is 12.1 Å². The standard InChI is InChI=1S/C20H28FN3O2/c1-3-15-9-17-14(6-13(8-18(17)21)20(25)22-26)10-24(15)11-19-12-4-5-16(7-12)23(19)2/h6,8,12,15-16,19,26H,3-5,7,9-11H2,1-2H3,(H,22,25)/t12?,15-,16?,19+/m1/s1. The molecule has 4 atom stereocenters. The lowest BCUT2D eigenvalue weighted by Gasteiger charge is -2.42. The molecule has 0 spiro atoms. The van der Waals surface area contributed by atoms with Crippen LogP contribution in [-0.2, 0) is 13.0 Å². The summed E-state index contributed by atoms with van der Waals surface area (Å²) in [4.78, 5) is 16.7. The van der Waals surface area contributed by atoms with Gasteiger partial charge in [-0.25, -0.2) is 9.87 Å². The molecule has 1 saturated heterocycles. The number of fused-ring (bicyclic) bond motifs is 3. The molecule has 26 heavy (non-hydrogen) atoms. The second kappa shape index (κ2) is 6.91. The van der Waals surface area contributed by atoms with Gasteiger partial charge in [0.05, 0.1) is 0 Å². The van der Waals surface area contributed by atoms with Gasteiger partial charge >= 0.3 is 0 Å². The topological polar surface area (TPSA) is 55.8 Å². The number of likely N-dealkylation sites (N-methyl/N-ethyl adjacent to an activating group) is 1. The molecule has 1 aromatic carbocycles. The minimum atomic E-state index is -0.663. The van der Waals surface area contributed by atoms with Crippen molar-refractivity contribution in [1.29, 1.82) is 0 Å². The van der Waals surface area contributed by atoms with Gasteiger partial charge in [-0.15, -0.1) is 0 Å². The molecule has 2 bridgehead atoms. The summed E-state index contributed by atoms with van der Waals surface area (Å²) >= 11 is 0. The molecule has 2 aliphatic heterocycles. The molecular weight excluding hydrogens is 333 g/mol. The van der Waals surface area contributed by atoms with Gasteiger partial charge < -0.3 is 0 Å². The molecule has 2 N–H and O–H groups in total. The third kappa shape index (κ3) is 2.94. The maximum absolute atomic E-state index is 14.6. The van der Waals surface area contributed by atoms with Crippen molar-refractivity contribution in [3.05, 3.63) is 34.6 Å². The maximum Gasteiger partial charge on any atom is 0.274 e. The van der Waals surface area contributed by atoms with Gasteiger partial charge in [0.15, 0.2) is 0 Å². The SMILES string of the molecule is CC[C@@H]1Cc2c(F)cc(C(=O)NO)cc2CN1C[C@H]1C2CCC(C2)N1C. The van der Waals surface area contributed by atoms with Crippen molar-refractivity contribution >= 4 is 5.91 Å². The molecular formula is C20H28FN3O2. The molecule has 1 aliphatic carbocycles. The van der Waals surface area contributed by atoms with Gasteiger partial charge in [0.2, 0.25) is 0 Å². The van der Waals surface area contributed by atoms with Gasteiger partial charge in [-0.1, -0.05) is 6.92 Å². The molecule has 5 nitrogen and oxygen atoms in total. The van der Waals surface area contributed by atoms with Crippen molar-refractivity contribution in [3.63, 3.8) is 0 Å². The zero-order valence-corrected chi connectivity index (χ0v) is 15.5. The Balaban J connectivity index is 1.58. The van der Waals surface area contributed by atoms with Crippen LogP contribution < -0.4 is 5.48 Å². The summed E-state index contributed by atoms with van der Waals surface area (Å²) in [5.41, 5.74) is 3.38. The van der Waals surface area contributed by atoms with E-state index in [2.05, 4.69) is 23.8 Å². The average molecular weight is 361 g/mol. The van der Waals surface area contributed by atoms with Gasteiger partial charge in [-0.2, -0.15) is 0 Å². The quantitative estimate of drug-likeness (QED) is 0.639. The summed E-state index contributed by atoms with van der Waals surface area (Å²) in [7, 11) is 2.25. The zero-order valence-electron chi connectivity index (χ0n) is 15.5. The van der Waals surface area contributed by atoms with E-state index >= 15 is 0 Å². The highest BCUT2D eigenvalue weighted by Crippen LogP contribution is 2.42. The van der Waals surface area contributed by atoms with Crippen LogP contribution in [0.5, 0.6) is 0 Å². The van der Waals surface area contributed by atoms with Crippen molar-refractivity contribution in [2.24, 2.45) is 5.92 Å². The number of rotatable bonds is 4. The first kappa shape index (κ1) is 17.9. The fourth-order valence-electron chi connectivity index (χ4n) is 5.42. The average Bonchev–Trinajstić information content (AvgIpc) is 3.23. The number of carbonyl (C=O) groups is 1. The van der Waals surface area contributed by atoms with E-state index in [1.165, 1.54) is 25.3 Å². The fraction of sp³-hybridized carbons (Fsp3) is 0.650. The summed E-state index contributed by atoms with van der Waals surface area (Å²) in [5, 5.41) is 8.86. The molecule has 0 radical (unpaired) electrons. The molecule has 1 saturated carbocycles. The Morgan fingerprint density at radius 3 is 2.85 bits per heavy atom. The third-order valence-corrected chi connectivity index (χ3v) is 6.96. The number of nitrogens with one attached hydrogen (secondary N) is 1. The Hall–Kier alpha value is -1.50. The predicted molar refractivity (Wildman–Crippen MR) is 96.5 cm³/mol. The second-order valence-electron chi connectivity index (χ2n) is 8.19. The lowest BCUT2D eigenvalue weighted by molar-refractivity contribution is 0.0703. The van der Waals surface area contributed by atoms with Gasteiger partial charge in [0.1, 0.15) is 5.82 Å². The molecule has 1 amide bonds. The van der Waals surface area contributed by atoms with Crippen molar-refractivity contribution in [2.45, 2.75) is 63.7 Å². The molecule has 4 rings (SSSR count). The van der Waals surface area contributed by atoms with Crippen LogP contribution in [0.2, 0.25) is 0 Å². The lowest BCUT2D eigenvalue weighted by Crippen LogP contribution is -2.50. The smallest absolute Gasteiger partial charge is 0.274 e. The molecule has 6 heteroatoms. The number of halogens is 1. The summed E-state index contributed by atoms with van der Waals surface area (Å²) in [6.45, 7) is 3.84. The Morgan fingerprint density at radius 1 is 1.38 bits per heavy atom. The van der Waals surface area contributed by atoms with Crippen LogP contribution in [-0.4, -0.2) is 52.6 Å². The minimum Gasteiger partial charge on any atom is -0.299 e. The van der Waals surface area contributed by atoms with Crippen LogP contribution in [0, 0.1) is 11.7 Å². The number of hydrogen-bond donors (Lipinski definition) is 2. The van der Waals surface area contributed by atoms with Crippen molar-refractivity contribution in [1.82, 2.24) is 15.3 Å². The maximum atomic E-state index is 14.6. The first-order chi connectivity index (χ1) is 12.5. The van der Waals surface area contributed by atoms with Crippen molar-refractivity contribution in [2.75, 3.05) is 13.6 Å². The lowest BCUT2D eigenvalue weighted by atomic mass is 9.89. The Morgan fingerprint density at radius 2 is 2.19 bits per heavy atom. The number of piperidine rings is 1. The molecule has 1 aromatic rings. The van der Waals surface area contributed by atoms with E-state index in [9.17, 15) is 9.18 Å². The van der Waals surface area contributed by atoms with E-state index in [0.29, 0.717) is 25.0 Å². The third-order valence-electron chi connectivity index (χ3n) is 6.96. The molecule has 2 unspecified atom stereocenters. The molecule has 0 aromatic heterocycles. The molecule has 2 heterocycles. The normalized spacial score (nSPS) is 31.2. The van der Waals surface area contributed by atoms with Gasteiger partial charge in [-0.3, -0.25) is 19.8 Å². The van der Waals surface area contributed by atoms with Crippen LogP contribution in [0.3, 0.4) is 0 Å². The van der Waals surface area contributed by atoms with E-state index in [4.69, 9.17) is 5.21 Å². The van der Waals surface area contributed by atoms with Gasteiger partial charge in [-0.05, 0) is 68.3 Å². The monoisotopic (exact) mass is 361 g/mol. The van der Waals surface area contributed by atoms with Crippen LogP contribution in [0.4, 0.5) is 4.39 Å². The van der Waals surface area contributed by atoms with Crippen LogP contribution >= 0.6 is 0 Å². The highest BCUT2D eigenvalue weighted by molar-refractivity contribution is 5.93. The van der Waals surface area contributed by atoms with E-state index in [1.807, 2.05) is 0 Å². The molecule has 142 valence electrons. The molecule has 3 aliphatic rings. The minimum absolute atomic E-state index is 0.177. The van der Waals surface area contributed by atoms with Gasteiger partial charge in [0, 0.05) is 36.8 Å². The molecule has 2 fully saturated rings. The van der Waals surface area contributed by atoms with Crippen LogP contribution in [0.1, 0.15) is 54.1 Å². The first-order valence-corrected chi connectivity index (χ1v) is 9.73. The van der Waals surface area contributed by atoms with E-state index in [-0.39, 0.29) is 11.4 Å². The first-order valence-electron chi connectivity index (χ1n) is 9.73. The summed E-state index contributed by atoms with van der Waals surface area (Å²) in [5.74, 6) is -0.216. The zero-order chi connectivity index (χ0) is 18.4. The highest BCUT2D eigenvalue weighted by Gasteiger charge is 2.45. The Kier molecular flexibility index (Phi) is 4.75. The number of carbonyl (C=O) groups excluding carboxylic acids is 1. The largest absolute Gasteiger partial charge is 0.299 e. The van der Waals surface area contributed by atoms with Crippen molar-refractivity contribution < 1.29 is 14.4 Å². The number of benzene rings is 1. The number of nitrogens with zero attached hydrogens (tertiary/aromatic N) is 2. The van der Waals surface area contributed by atoms with Crippen molar-refractivity contribution in [3.8, 4) is 0 Å². The number of hydrogen-bond acceptors (Lipinski definition) is 4. The summed E-state index contributed by atoms with van der Waals surface area (Å²) < 4.78 is 14.6. The Labute approximate surface area is 154 Å². The van der Waals surface area contributed by atoms with Crippen LogP contribution in [0.25, 0.3) is 0 Å². The summed E-state index contributed by atoms with van der Waals surface area (Å²) in [6, 6.07) is 4.61. The second-order valence-corrected chi connectivity index (χ2v) is 8.19. The number of hydroxylamine groups is 1. The summed E-state index contributed by atoms with van der Waals surface area (Å²) in [6.07, 6.45) is 5.64. The highest BCUT2D eigenvalue weighted by atomic mass is 19.1. The van der Waals surface area contributed by atoms with Gasteiger partial charge in [0.25, 0.3) is 5.91 Å².